The molecule has 3 rings (SSSR count). The number of esters is 1. The molecular formula is C21H34N2O6. The minimum atomic E-state index is -1.03. The van der Waals surface area contributed by atoms with Gasteiger partial charge < -0.3 is 24.8 Å². The Morgan fingerprint density at radius 2 is 2.03 bits per heavy atom. The van der Waals surface area contributed by atoms with E-state index >= 15 is 0 Å². The van der Waals surface area contributed by atoms with Gasteiger partial charge in [0.2, 0.25) is 11.8 Å². The Balaban J connectivity index is 1.94. The number of likely N-dealkylation sites (tertiary alicyclic amines) is 1. The van der Waals surface area contributed by atoms with Gasteiger partial charge in [0.05, 0.1) is 24.7 Å². The molecule has 5 atom stereocenters. The van der Waals surface area contributed by atoms with Gasteiger partial charge in [-0.05, 0) is 32.6 Å². The monoisotopic (exact) mass is 410 g/mol. The number of carbonyl (C=O) groups excluding carboxylic acids is 3. The van der Waals surface area contributed by atoms with E-state index < -0.39 is 35.0 Å². The number of ether oxygens (including phenoxy) is 2. The van der Waals surface area contributed by atoms with E-state index in [1.165, 1.54) is 4.90 Å². The first-order valence-electron chi connectivity index (χ1n) is 11.0. The SMILES string of the molecule is CCCCCNC(=O)C1N(CCO)C(=O)[C@@H]2[C@H](C(=O)OCC)[C@]3(CC)CCC12O3. The number of unbranched alkanes of at least 4 members (excludes halogenated alkanes) is 2. The molecule has 0 aromatic carbocycles. The summed E-state index contributed by atoms with van der Waals surface area (Å²) in [6, 6.07) is -0.832. The summed E-state index contributed by atoms with van der Waals surface area (Å²) in [5.74, 6) is -2.44. The van der Waals surface area contributed by atoms with Crippen LogP contribution in [0.3, 0.4) is 0 Å². The van der Waals surface area contributed by atoms with Gasteiger partial charge in [-0.1, -0.05) is 26.7 Å². The molecule has 29 heavy (non-hydrogen) atoms. The Morgan fingerprint density at radius 1 is 1.28 bits per heavy atom. The quantitative estimate of drug-likeness (QED) is 0.411. The highest BCUT2D eigenvalue weighted by atomic mass is 16.6. The fraction of sp³-hybridized carbons (Fsp3) is 0.857. The summed E-state index contributed by atoms with van der Waals surface area (Å²) in [7, 11) is 0. The number of aliphatic hydroxyl groups excluding tert-OH is 1. The maximum Gasteiger partial charge on any atom is 0.312 e. The number of amides is 2. The second kappa shape index (κ2) is 8.60. The van der Waals surface area contributed by atoms with E-state index in [4.69, 9.17) is 9.47 Å². The molecule has 164 valence electrons. The third-order valence-corrected chi connectivity index (χ3v) is 6.89. The number of rotatable bonds is 10. The Bertz CT molecular complexity index is 655. The number of carbonyl (C=O) groups is 3. The number of hydrogen-bond donors (Lipinski definition) is 2. The second-order valence-electron chi connectivity index (χ2n) is 8.34. The largest absolute Gasteiger partial charge is 0.466 e. The number of nitrogens with zero attached hydrogens (tertiary/aromatic N) is 1. The number of aliphatic hydroxyl groups is 1. The zero-order valence-electron chi connectivity index (χ0n) is 17.7. The molecule has 0 aromatic heterocycles. The highest BCUT2D eigenvalue weighted by molar-refractivity contribution is 5.98. The van der Waals surface area contributed by atoms with Crippen LogP contribution in [0.2, 0.25) is 0 Å². The number of β-amino-alcohol motifs (C(OH)–C–C–N with tert-alkyl or cyclic N) is 1. The molecule has 0 radical (unpaired) electrons. The van der Waals surface area contributed by atoms with Crippen molar-refractivity contribution in [2.45, 2.75) is 76.5 Å². The van der Waals surface area contributed by atoms with Crippen LogP contribution in [-0.2, 0) is 23.9 Å². The maximum absolute atomic E-state index is 13.4. The van der Waals surface area contributed by atoms with E-state index in [1.807, 2.05) is 6.92 Å². The van der Waals surface area contributed by atoms with Crippen molar-refractivity contribution in [1.29, 1.82) is 0 Å². The minimum absolute atomic E-state index is 0.0438. The van der Waals surface area contributed by atoms with E-state index in [-0.39, 0.29) is 31.6 Å². The van der Waals surface area contributed by atoms with Crippen molar-refractivity contribution in [3.63, 3.8) is 0 Å². The first-order valence-corrected chi connectivity index (χ1v) is 11.0. The van der Waals surface area contributed by atoms with Crippen molar-refractivity contribution in [1.82, 2.24) is 10.2 Å². The molecular weight excluding hydrogens is 376 g/mol. The molecule has 0 aliphatic carbocycles. The molecule has 3 aliphatic rings. The summed E-state index contributed by atoms with van der Waals surface area (Å²) < 4.78 is 11.8. The molecule has 3 aliphatic heterocycles. The lowest BCUT2D eigenvalue weighted by atomic mass is 9.65. The molecule has 2 amide bonds. The predicted molar refractivity (Wildman–Crippen MR) is 105 cm³/mol. The fourth-order valence-corrected chi connectivity index (χ4v) is 5.64. The van der Waals surface area contributed by atoms with E-state index in [2.05, 4.69) is 12.2 Å². The Morgan fingerprint density at radius 3 is 2.66 bits per heavy atom. The lowest BCUT2D eigenvalue weighted by Gasteiger charge is -2.33. The van der Waals surface area contributed by atoms with Crippen LogP contribution in [-0.4, -0.2) is 71.3 Å². The molecule has 3 heterocycles. The van der Waals surface area contributed by atoms with Gasteiger partial charge in [0.15, 0.2) is 0 Å². The number of fused-ring (bicyclic) bond motifs is 1. The highest BCUT2D eigenvalue weighted by Crippen LogP contribution is 2.64. The summed E-state index contributed by atoms with van der Waals surface area (Å²) in [6.07, 6.45) is 4.66. The molecule has 2 N–H and O–H groups in total. The van der Waals surface area contributed by atoms with Gasteiger partial charge >= 0.3 is 5.97 Å². The van der Waals surface area contributed by atoms with Gasteiger partial charge in [0, 0.05) is 13.1 Å². The van der Waals surface area contributed by atoms with Crippen molar-refractivity contribution in [3.05, 3.63) is 0 Å². The van der Waals surface area contributed by atoms with Gasteiger partial charge in [-0.25, -0.2) is 0 Å². The first kappa shape index (κ1) is 22.0. The van der Waals surface area contributed by atoms with Crippen LogP contribution in [0.4, 0.5) is 0 Å². The van der Waals surface area contributed by atoms with Crippen LogP contribution in [0.15, 0.2) is 0 Å². The smallest absolute Gasteiger partial charge is 0.312 e. The van der Waals surface area contributed by atoms with E-state index in [9.17, 15) is 19.5 Å². The fourth-order valence-electron chi connectivity index (χ4n) is 5.64. The summed E-state index contributed by atoms with van der Waals surface area (Å²) in [5.41, 5.74) is -1.80. The number of nitrogens with one attached hydrogen (secondary N) is 1. The Kier molecular flexibility index (Phi) is 6.53. The lowest BCUT2D eigenvalue weighted by molar-refractivity contribution is -0.160. The summed E-state index contributed by atoms with van der Waals surface area (Å²) in [5, 5.41) is 12.5. The number of hydrogen-bond acceptors (Lipinski definition) is 6. The lowest BCUT2D eigenvalue weighted by Crippen LogP contribution is -2.55. The molecule has 8 nitrogen and oxygen atoms in total. The third kappa shape index (κ3) is 3.34. The Labute approximate surface area is 172 Å². The van der Waals surface area contributed by atoms with Gasteiger partial charge in [-0.3, -0.25) is 14.4 Å². The normalized spacial score (nSPS) is 35.1. The average molecular weight is 411 g/mol. The van der Waals surface area contributed by atoms with Crippen LogP contribution < -0.4 is 5.32 Å². The molecule has 3 saturated heterocycles. The van der Waals surface area contributed by atoms with Crippen LogP contribution in [0.5, 0.6) is 0 Å². The molecule has 1 spiro atoms. The first-order chi connectivity index (χ1) is 13.9. The minimum Gasteiger partial charge on any atom is -0.466 e. The van der Waals surface area contributed by atoms with Crippen molar-refractivity contribution in [2.75, 3.05) is 26.3 Å². The van der Waals surface area contributed by atoms with Gasteiger partial charge in [-0.15, -0.1) is 0 Å². The maximum atomic E-state index is 13.4. The Hall–Kier alpha value is -1.67. The second-order valence-corrected chi connectivity index (χ2v) is 8.34. The van der Waals surface area contributed by atoms with E-state index in [0.717, 1.165) is 19.3 Å². The zero-order valence-corrected chi connectivity index (χ0v) is 17.7. The standard InChI is InChI=1S/C21H34N2O6/c1-4-7-8-11-22-17(25)16-21-10-9-20(5-2,29-21)15(19(27)28-6-3)14(21)18(26)23(16)12-13-24/h14-16,24H,4-13H2,1-3H3,(H,22,25)/t14-,15+,16?,20-,21?/m0/s1. The van der Waals surface area contributed by atoms with E-state index in [0.29, 0.717) is 25.8 Å². The van der Waals surface area contributed by atoms with Crippen LogP contribution >= 0.6 is 0 Å². The van der Waals surface area contributed by atoms with Crippen molar-refractivity contribution in [3.8, 4) is 0 Å². The van der Waals surface area contributed by atoms with Crippen LogP contribution in [0.25, 0.3) is 0 Å². The summed E-state index contributed by atoms with van der Waals surface area (Å²) in [4.78, 5) is 40.8. The van der Waals surface area contributed by atoms with Crippen molar-refractivity contribution in [2.24, 2.45) is 11.8 Å². The predicted octanol–water partition coefficient (Wildman–Crippen LogP) is 1.00. The highest BCUT2D eigenvalue weighted by Gasteiger charge is 2.78. The topological polar surface area (TPSA) is 105 Å². The summed E-state index contributed by atoms with van der Waals surface area (Å²) in [6.45, 7) is 6.33. The zero-order chi connectivity index (χ0) is 21.2. The molecule has 8 heteroatoms. The van der Waals surface area contributed by atoms with Gasteiger partial charge in [0.25, 0.3) is 0 Å². The molecule has 3 fully saturated rings. The van der Waals surface area contributed by atoms with Crippen LogP contribution in [0.1, 0.15) is 59.3 Å². The van der Waals surface area contributed by atoms with Gasteiger partial charge in [-0.2, -0.15) is 0 Å². The molecule has 2 unspecified atom stereocenters. The summed E-state index contributed by atoms with van der Waals surface area (Å²) >= 11 is 0. The van der Waals surface area contributed by atoms with Gasteiger partial charge in [0.1, 0.15) is 17.6 Å². The molecule has 2 bridgehead atoms. The average Bonchev–Trinajstić information content (AvgIpc) is 3.30. The molecule has 0 saturated carbocycles. The van der Waals surface area contributed by atoms with E-state index in [1.54, 1.807) is 6.92 Å². The third-order valence-electron chi connectivity index (χ3n) is 6.89. The van der Waals surface area contributed by atoms with Crippen molar-refractivity contribution < 1.29 is 29.0 Å². The van der Waals surface area contributed by atoms with Crippen molar-refractivity contribution >= 4 is 17.8 Å². The van der Waals surface area contributed by atoms with Crippen LogP contribution in [0, 0.1) is 11.8 Å². The molecule has 0 aromatic rings.